The van der Waals surface area contributed by atoms with Crippen LogP contribution in [-0.2, 0) is 4.79 Å². The number of rotatable bonds is 2. The third-order valence-corrected chi connectivity index (χ3v) is 0.667. The Bertz CT molecular complexity index is 145. The molecule has 0 saturated carbocycles. The van der Waals surface area contributed by atoms with Crippen LogP contribution < -0.4 is 5.43 Å². The Hall–Kier alpha value is -1.33. The zero-order valence-electron chi connectivity index (χ0n) is 4.40. The number of carboxylic acids is 1. The van der Waals surface area contributed by atoms with Crippen LogP contribution in [-0.4, -0.2) is 22.6 Å². The van der Waals surface area contributed by atoms with Crippen LogP contribution in [0.5, 0.6) is 0 Å². The molecule has 1 aliphatic heterocycles. The molecule has 0 atom stereocenters. The van der Waals surface area contributed by atoms with Crippen molar-refractivity contribution in [2.24, 2.45) is 10.4 Å². The first-order valence-corrected chi connectivity index (χ1v) is 2.19. The van der Waals surface area contributed by atoms with Crippen LogP contribution in [0.3, 0.4) is 0 Å². The fourth-order valence-electron chi connectivity index (χ4n) is 0.378. The number of hydrogen-bond donors (Lipinski definition) is 2. The van der Waals surface area contributed by atoms with Crippen LogP contribution in [0.4, 0.5) is 0 Å². The van der Waals surface area contributed by atoms with Crippen molar-refractivity contribution in [3.05, 3.63) is 6.67 Å². The summed E-state index contributed by atoms with van der Waals surface area (Å²) in [6.07, 6.45) is 0. The monoisotopic (exact) mass is 128 g/mol. The largest absolute Gasteiger partial charge is 0.480 e. The van der Waals surface area contributed by atoms with Crippen molar-refractivity contribution < 1.29 is 9.90 Å². The Morgan fingerprint density at radius 2 is 2.67 bits per heavy atom. The van der Waals surface area contributed by atoms with Crippen molar-refractivity contribution in [2.45, 2.75) is 0 Å². The molecule has 0 amide bonds. The molecule has 0 spiro atoms. The summed E-state index contributed by atoms with van der Waals surface area (Å²) < 4.78 is 0. The van der Waals surface area contributed by atoms with Gasteiger partial charge in [-0.2, -0.15) is 0 Å². The van der Waals surface area contributed by atoms with Gasteiger partial charge < -0.3 is 5.11 Å². The van der Waals surface area contributed by atoms with Gasteiger partial charge in [-0.05, 0) is 0 Å². The van der Waals surface area contributed by atoms with E-state index in [0.717, 1.165) is 5.01 Å². The normalized spacial score (nSPS) is 15.8. The minimum Gasteiger partial charge on any atom is -0.480 e. The summed E-state index contributed by atoms with van der Waals surface area (Å²) in [4.78, 5) is 9.94. The molecule has 0 aromatic heterocycles. The molecule has 0 bridgehead atoms. The lowest BCUT2D eigenvalue weighted by Gasteiger charge is -2.02. The van der Waals surface area contributed by atoms with Gasteiger partial charge in [0.2, 0.25) is 6.67 Å². The molecule has 48 valence electrons. The van der Waals surface area contributed by atoms with Crippen molar-refractivity contribution in [1.82, 2.24) is 10.4 Å². The molecule has 2 radical (unpaired) electrons. The van der Waals surface area contributed by atoms with Gasteiger partial charge >= 0.3 is 5.97 Å². The molecule has 9 heavy (non-hydrogen) atoms. The van der Waals surface area contributed by atoms with Gasteiger partial charge in [-0.1, -0.05) is 10.4 Å². The Morgan fingerprint density at radius 1 is 1.89 bits per heavy atom. The number of carbonyl (C=O) groups is 1. The molecular weight excluding hydrogens is 124 g/mol. The second-order valence-corrected chi connectivity index (χ2v) is 1.36. The lowest BCUT2D eigenvalue weighted by Crippen LogP contribution is -2.22. The van der Waals surface area contributed by atoms with E-state index in [4.69, 9.17) is 5.11 Å². The predicted molar refractivity (Wildman–Crippen MR) is 25.6 cm³/mol. The van der Waals surface area contributed by atoms with Gasteiger partial charge in [-0.15, -0.1) is 0 Å². The Labute approximate surface area is 51.1 Å². The summed E-state index contributed by atoms with van der Waals surface area (Å²) in [6, 6.07) is 0. The van der Waals surface area contributed by atoms with E-state index in [1.807, 2.05) is 0 Å². The van der Waals surface area contributed by atoms with E-state index in [1.165, 1.54) is 0 Å². The minimum absolute atomic E-state index is 0.212. The lowest BCUT2D eigenvalue weighted by molar-refractivity contribution is -0.137. The molecule has 2 N–H and O–H groups in total. The van der Waals surface area contributed by atoms with Crippen LogP contribution in [0.15, 0.2) is 10.4 Å². The minimum atomic E-state index is -0.967. The van der Waals surface area contributed by atoms with E-state index < -0.39 is 5.97 Å². The van der Waals surface area contributed by atoms with Gasteiger partial charge in [0.25, 0.3) is 0 Å². The van der Waals surface area contributed by atoms with Crippen molar-refractivity contribution >= 4 is 5.97 Å². The second kappa shape index (κ2) is 2.29. The number of hydrogen-bond acceptors (Lipinski definition) is 5. The molecule has 0 aromatic rings. The van der Waals surface area contributed by atoms with Crippen LogP contribution in [0, 0.1) is 6.67 Å². The van der Waals surface area contributed by atoms with Crippen molar-refractivity contribution in [2.75, 3.05) is 6.54 Å². The zero-order valence-corrected chi connectivity index (χ0v) is 4.40. The van der Waals surface area contributed by atoms with Crippen LogP contribution >= 0.6 is 0 Å². The summed E-state index contributed by atoms with van der Waals surface area (Å²) in [5.41, 5.74) is 2.25. The summed E-state index contributed by atoms with van der Waals surface area (Å²) in [5, 5.41) is 15.8. The molecule has 1 rings (SSSR count). The standard InChI is InChI=1S/C3H4N4O2/c8-3(9)1-7-2-4-5-6-7/h1H2,(H,4,6)(H,8,9). The van der Waals surface area contributed by atoms with Gasteiger partial charge in [0.05, 0.1) is 0 Å². The van der Waals surface area contributed by atoms with E-state index in [2.05, 4.69) is 22.5 Å². The van der Waals surface area contributed by atoms with Crippen LogP contribution in [0.1, 0.15) is 0 Å². The average molecular weight is 128 g/mol. The first-order chi connectivity index (χ1) is 4.29. The molecule has 0 fully saturated rings. The molecule has 0 saturated heterocycles. The highest BCUT2D eigenvalue weighted by Crippen LogP contribution is 1.97. The number of nitrogens with one attached hydrogen (secondary N) is 1. The highest BCUT2D eigenvalue weighted by molar-refractivity contribution is 5.69. The fourth-order valence-corrected chi connectivity index (χ4v) is 0.378. The van der Waals surface area contributed by atoms with Crippen LogP contribution in [0.25, 0.3) is 0 Å². The summed E-state index contributed by atoms with van der Waals surface area (Å²) in [7, 11) is 0. The molecule has 1 aliphatic rings. The maximum atomic E-state index is 9.94. The summed E-state index contributed by atoms with van der Waals surface area (Å²) in [6.45, 7) is 2.15. The maximum absolute atomic E-state index is 9.94. The molecule has 0 unspecified atom stereocenters. The first kappa shape index (κ1) is 5.80. The zero-order chi connectivity index (χ0) is 6.69. The van der Waals surface area contributed by atoms with Crippen LogP contribution in [0.2, 0.25) is 0 Å². The number of carboxylic acid groups (broad SMARTS) is 1. The Morgan fingerprint density at radius 3 is 3.11 bits per heavy atom. The highest BCUT2D eigenvalue weighted by Gasteiger charge is 2.11. The summed E-state index contributed by atoms with van der Waals surface area (Å²) in [5.74, 6) is -0.967. The number of nitrogens with zero attached hydrogens (tertiary/aromatic N) is 3. The molecule has 6 heteroatoms. The topological polar surface area (TPSA) is 77.3 Å². The molecule has 0 aliphatic carbocycles. The second-order valence-electron chi connectivity index (χ2n) is 1.36. The molecule has 1 heterocycles. The van der Waals surface area contributed by atoms with E-state index in [-0.39, 0.29) is 6.54 Å². The van der Waals surface area contributed by atoms with Gasteiger partial charge in [0.15, 0.2) is 0 Å². The van der Waals surface area contributed by atoms with E-state index in [1.54, 1.807) is 0 Å². The van der Waals surface area contributed by atoms with E-state index in [9.17, 15) is 4.79 Å². The quantitative estimate of drug-likeness (QED) is 0.513. The van der Waals surface area contributed by atoms with Gasteiger partial charge in [0, 0.05) is 0 Å². The summed E-state index contributed by atoms with van der Waals surface area (Å²) >= 11 is 0. The van der Waals surface area contributed by atoms with E-state index in [0.29, 0.717) is 0 Å². The Kier molecular flexibility index (Phi) is 1.48. The smallest absolute Gasteiger partial charge is 0.325 e. The average Bonchev–Trinajstić information content (AvgIpc) is 2.15. The third kappa shape index (κ3) is 1.56. The number of aliphatic carboxylic acids is 1. The Balaban J connectivity index is 2.28. The fraction of sp³-hybridized carbons (Fsp3) is 0.333. The molecule has 6 nitrogen and oxygen atoms in total. The third-order valence-electron chi connectivity index (χ3n) is 0.667. The SMILES string of the molecule is O=C(O)CN1[C]NN=N1. The molecule has 0 aromatic carbocycles. The predicted octanol–water partition coefficient (Wildman–Crippen LogP) is -0.745. The van der Waals surface area contributed by atoms with Crippen molar-refractivity contribution in [3.8, 4) is 0 Å². The molecular formula is C3H4N4O2. The van der Waals surface area contributed by atoms with Crippen molar-refractivity contribution in [3.63, 3.8) is 0 Å². The lowest BCUT2D eigenvalue weighted by atomic mass is 10.6. The highest BCUT2D eigenvalue weighted by atomic mass is 16.4. The van der Waals surface area contributed by atoms with Gasteiger partial charge in [0.1, 0.15) is 6.54 Å². The van der Waals surface area contributed by atoms with Gasteiger partial charge in [-0.25, -0.2) is 5.01 Å². The maximum Gasteiger partial charge on any atom is 0.325 e. The van der Waals surface area contributed by atoms with E-state index >= 15 is 0 Å². The first-order valence-electron chi connectivity index (χ1n) is 2.19. The van der Waals surface area contributed by atoms with Gasteiger partial charge in [-0.3, -0.25) is 10.2 Å². The van der Waals surface area contributed by atoms with Crippen molar-refractivity contribution in [1.29, 1.82) is 0 Å².